The van der Waals surface area contributed by atoms with Crippen molar-refractivity contribution in [1.82, 2.24) is 10.3 Å². The van der Waals surface area contributed by atoms with Crippen LogP contribution in [0.4, 0.5) is 0 Å². The summed E-state index contributed by atoms with van der Waals surface area (Å²) >= 11 is 0. The van der Waals surface area contributed by atoms with Gasteiger partial charge in [0.2, 0.25) is 0 Å². The molecule has 1 unspecified atom stereocenters. The molecule has 62 valence electrons. The highest BCUT2D eigenvalue weighted by molar-refractivity contribution is 5.09. The van der Waals surface area contributed by atoms with Gasteiger partial charge in [-0.1, -0.05) is 6.07 Å². The fourth-order valence-electron chi connectivity index (χ4n) is 1.03. The zero-order valence-corrected chi connectivity index (χ0v) is 6.99. The van der Waals surface area contributed by atoms with Gasteiger partial charge in [-0.2, -0.15) is 5.26 Å². The molecule has 0 aliphatic heterocycles. The second kappa shape index (κ2) is 4.47. The number of nitrogens with zero attached hydrogens (tertiary/aromatic N) is 2. The Kier molecular flexibility index (Phi) is 3.24. The van der Waals surface area contributed by atoms with Gasteiger partial charge >= 0.3 is 0 Å². The van der Waals surface area contributed by atoms with Gasteiger partial charge in [0.15, 0.2) is 0 Å². The Labute approximate surface area is 72.1 Å². The summed E-state index contributed by atoms with van der Waals surface area (Å²) < 4.78 is 0. The lowest BCUT2D eigenvalue weighted by atomic mass is 10.1. The van der Waals surface area contributed by atoms with E-state index < -0.39 is 0 Å². The number of hydrogen-bond donors (Lipinski definition) is 1. The predicted octanol–water partition coefficient (Wildman–Crippen LogP) is 1.26. The zero-order valence-electron chi connectivity index (χ0n) is 6.99. The molecule has 1 heterocycles. The van der Waals surface area contributed by atoms with Crippen molar-refractivity contribution in [2.75, 3.05) is 7.05 Å². The average Bonchev–Trinajstić information content (AvgIpc) is 2.15. The van der Waals surface area contributed by atoms with Crippen molar-refractivity contribution in [2.24, 2.45) is 0 Å². The van der Waals surface area contributed by atoms with Crippen LogP contribution in [0.3, 0.4) is 0 Å². The molecule has 3 nitrogen and oxygen atoms in total. The number of nitriles is 1. The summed E-state index contributed by atoms with van der Waals surface area (Å²) in [4.78, 5) is 4.15. The van der Waals surface area contributed by atoms with E-state index in [1.165, 1.54) is 0 Å². The summed E-state index contributed by atoms with van der Waals surface area (Å²) in [5.74, 6) is 0. The zero-order chi connectivity index (χ0) is 8.81. The molecule has 0 fully saturated rings. The lowest BCUT2D eigenvalue weighted by Crippen LogP contribution is -2.16. The van der Waals surface area contributed by atoms with E-state index >= 15 is 0 Å². The first-order chi connectivity index (χ1) is 5.88. The van der Waals surface area contributed by atoms with Gasteiger partial charge in [0.1, 0.15) is 0 Å². The van der Waals surface area contributed by atoms with E-state index in [1.54, 1.807) is 6.20 Å². The van der Waals surface area contributed by atoms with Crippen molar-refractivity contribution in [3.8, 4) is 6.07 Å². The van der Waals surface area contributed by atoms with Crippen LogP contribution >= 0.6 is 0 Å². The smallest absolute Gasteiger partial charge is 0.0642 e. The summed E-state index contributed by atoms with van der Waals surface area (Å²) in [5.41, 5.74) is 0.918. The Morgan fingerprint density at radius 3 is 3.00 bits per heavy atom. The molecule has 0 bridgehead atoms. The van der Waals surface area contributed by atoms with Crippen LogP contribution < -0.4 is 5.32 Å². The maximum absolute atomic E-state index is 8.51. The van der Waals surface area contributed by atoms with Gasteiger partial charge in [-0.3, -0.25) is 4.98 Å². The fraction of sp³-hybridized carbons (Fsp3) is 0.333. The minimum atomic E-state index is 0.0520. The second-order valence-electron chi connectivity index (χ2n) is 2.46. The molecule has 0 spiro atoms. The van der Waals surface area contributed by atoms with Crippen LogP contribution in [0.1, 0.15) is 18.2 Å². The van der Waals surface area contributed by atoms with Crippen LogP contribution in [0.15, 0.2) is 24.4 Å². The molecule has 0 aromatic carbocycles. The monoisotopic (exact) mass is 161 g/mol. The predicted molar refractivity (Wildman–Crippen MR) is 46.3 cm³/mol. The lowest BCUT2D eigenvalue weighted by Gasteiger charge is -2.10. The molecule has 0 aliphatic carbocycles. The Morgan fingerprint density at radius 2 is 2.50 bits per heavy atom. The quantitative estimate of drug-likeness (QED) is 0.726. The van der Waals surface area contributed by atoms with E-state index in [-0.39, 0.29) is 6.04 Å². The highest BCUT2D eigenvalue weighted by Crippen LogP contribution is 2.11. The number of nitrogens with one attached hydrogen (secondary N) is 1. The van der Waals surface area contributed by atoms with Crippen LogP contribution in [0, 0.1) is 11.3 Å². The third-order valence-corrected chi connectivity index (χ3v) is 1.69. The van der Waals surface area contributed by atoms with E-state index in [1.807, 2.05) is 25.2 Å². The van der Waals surface area contributed by atoms with E-state index in [4.69, 9.17) is 5.26 Å². The molecule has 0 radical (unpaired) electrons. The van der Waals surface area contributed by atoms with Crippen LogP contribution in [0.5, 0.6) is 0 Å². The van der Waals surface area contributed by atoms with Gasteiger partial charge in [-0.05, 0) is 19.2 Å². The van der Waals surface area contributed by atoms with Crippen molar-refractivity contribution >= 4 is 0 Å². The standard InChI is InChI=1S/C9H11N3/c1-11-8(5-6-10)9-4-2-3-7-12-9/h2-4,7-8,11H,5H2,1H3. The number of rotatable bonds is 3. The summed E-state index contributed by atoms with van der Waals surface area (Å²) in [7, 11) is 1.83. The van der Waals surface area contributed by atoms with Crippen molar-refractivity contribution in [3.05, 3.63) is 30.1 Å². The van der Waals surface area contributed by atoms with Gasteiger partial charge < -0.3 is 5.32 Å². The van der Waals surface area contributed by atoms with Crippen LogP contribution in [0.25, 0.3) is 0 Å². The Morgan fingerprint density at radius 1 is 1.67 bits per heavy atom. The minimum Gasteiger partial charge on any atom is -0.311 e. The Bertz CT molecular complexity index is 263. The van der Waals surface area contributed by atoms with Gasteiger partial charge in [0.05, 0.1) is 24.2 Å². The number of hydrogen-bond acceptors (Lipinski definition) is 3. The molecular formula is C9H11N3. The van der Waals surface area contributed by atoms with Crippen molar-refractivity contribution < 1.29 is 0 Å². The normalized spacial score (nSPS) is 12.0. The maximum Gasteiger partial charge on any atom is 0.0642 e. The van der Waals surface area contributed by atoms with Crippen molar-refractivity contribution in [1.29, 1.82) is 5.26 Å². The van der Waals surface area contributed by atoms with E-state index in [0.29, 0.717) is 6.42 Å². The first kappa shape index (κ1) is 8.69. The molecule has 1 rings (SSSR count). The Hall–Kier alpha value is -1.40. The molecule has 3 heteroatoms. The Balaban J connectivity index is 2.75. The van der Waals surface area contributed by atoms with E-state index in [0.717, 1.165) is 5.69 Å². The molecule has 0 amide bonds. The lowest BCUT2D eigenvalue weighted by molar-refractivity contribution is 0.591. The van der Waals surface area contributed by atoms with Crippen LogP contribution in [0.2, 0.25) is 0 Å². The third kappa shape index (κ3) is 2.04. The molecule has 0 saturated carbocycles. The van der Waals surface area contributed by atoms with E-state index in [2.05, 4.69) is 16.4 Å². The van der Waals surface area contributed by atoms with Gasteiger partial charge in [0, 0.05) is 6.20 Å². The SMILES string of the molecule is CNC(CC#N)c1ccccn1. The van der Waals surface area contributed by atoms with Crippen LogP contribution in [-0.2, 0) is 0 Å². The van der Waals surface area contributed by atoms with Gasteiger partial charge in [-0.25, -0.2) is 0 Å². The van der Waals surface area contributed by atoms with Crippen molar-refractivity contribution in [3.63, 3.8) is 0 Å². The second-order valence-corrected chi connectivity index (χ2v) is 2.46. The third-order valence-electron chi connectivity index (χ3n) is 1.69. The number of aromatic nitrogens is 1. The van der Waals surface area contributed by atoms with Gasteiger partial charge in [-0.15, -0.1) is 0 Å². The molecule has 0 saturated heterocycles. The highest BCUT2D eigenvalue weighted by atomic mass is 14.9. The van der Waals surface area contributed by atoms with Gasteiger partial charge in [0.25, 0.3) is 0 Å². The molecular weight excluding hydrogens is 150 g/mol. The van der Waals surface area contributed by atoms with Crippen LogP contribution in [-0.4, -0.2) is 12.0 Å². The summed E-state index contributed by atoms with van der Waals surface area (Å²) in [6, 6.07) is 7.87. The molecule has 1 aromatic heterocycles. The topological polar surface area (TPSA) is 48.7 Å². The fourth-order valence-corrected chi connectivity index (χ4v) is 1.03. The maximum atomic E-state index is 8.51. The molecule has 1 atom stereocenters. The summed E-state index contributed by atoms with van der Waals surface area (Å²) in [6.45, 7) is 0. The summed E-state index contributed by atoms with van der Waals surface area (Å²) in [6.07, 6.45) is 2.19. The minimum absolute atomic E-state index is 0.0520. The largest absolute Gasteiger partial charge is 0.311 e. The molecule has 1 N–H and O–H groups in total. The average molecular weight is 161 g/mol. The molecule has 12 heavy (non-hydrogen) atoms. The summed E-state index contributed by atoms with van der Waals surface area (Å²) in [5, 5.41) is 11.5. The molecule has 1 aromatic rings. The molecule has 0 aliphatic rings. The van der Waals surface area contributed by atoms with Crippen molar-refractivity contribution in [2.45, 2.75) is 12.5 Å². The first-order valence-corrected chi connectivity index (χ1v) is 3.83. The highest BCUT2D eigenvalue weighted by Gasteiger charge is 2.07. The van der Waals surface area contributed by atoms with E-state index in [9.17, 15) is 0 Å². The first-order valence-electron chi connectivity index (χ1n) is 3.83. The number of pyridine rings is 1.